The molecule has 0 aromatic carbocycles. The summed E-state index contributed by atoms with van der Waals surface area (Å²) in [4.78, 5) is 0. The molecule has 0 radical (unpaired) electrons. The summed E-state index contributed by atoms with van der Waals surface area (Å²) in [5, 5.41) is 13.6. The van der Waals surface area contributed by atoms with Gasteiger partial charge in [0.1, 0.15) is 5.83 Å². The Labute approximate surface area is 89.9 Å². The predicted molar refractivity (Wildman–Crippen MR) is 58.1 cm³/mol. The molecule has 0 spiro atoms. The van der Waals surface area contributed by atoms with Gasteiger partial charge in [-0.25, -0.2) is 4.39 Å². The van der Waals surface area contributed by atoms with Crippen LogP contribution in [0.25, 0.3) is 0 Å². The van der Waals surface area contributed by atoms with Crippen LogP contribution in [-0.4, -0.2) is 23.8 Å². The molecule has 2 N–H and O–H groups in total. The number of piperidine rings is 1. The number of rotatable bonds is 1. The fraction of sp³-hybridized carbons (Fsp3) is 0.667. The predicted octanol–water partition coefficient (Wildman–Crippen LogP) is 1.92. The van der Waals surface area contributed by atoms with Crippen LogP contribution in [0.2, 0.25) is 0 Å². The average Bonchev–Trinajstić information content (AvgIpc) is 2.23. The molecule has 2 aliphatic rings. The highest BCUT2D eigenvalue weighted by atomic mass is 19.1. The third-order valence-electron chi connectivity index (χ3n) is 3.56. The van der Waals surface area contributed by atoms with Gasteiger partial charge in [-0.15, -0.1) is 0 Å². The van der Waals surface area contributed by atoms with E-state index < -0.39 is 5.60 Å². The second kappa shape index (κ2) is 4.06. The molecule has 1 saturated heterocycles. The normalized spacial score (nSPS) is 30.7. The Morgan fingerprint density at radius 2 is 2.13 bits per heavy atom. The summed E-state index contributed by atoms with van der Waals surface area (Å²) in [6, 6.07) is 0. The maximum Gasteiger partial charge on any atom is 0.122 e. The molecule has 2 nitrogen and oxygen atoms in total. The highest BCUT2D eigenvalue weighted by molar-refractivity contribution is 5.29. The Kier molecular flexibility index (Phi) is 2.94. The molecule has 0 aromatic heterocycles. The zero-order chi connectivity index (χ0) is 10.9. The summed E-state index contributed by atoms with van der Waals surface area (Å²) in [5.41, 5.74) is -0.0106. The van der Waals surface area contributed by atoms with E-state index in [4.69, 9.17) is 0 Å². The number of hydrogen-bond donors (Lipinski definition) is 2. The molecule has 1 atom stereocenters. The van der Waals surface area contributed by atoms with E-state index in [1.807, 2.05) is 6.08 Å². The maximum atomic E-state index is 13.4. The van der Waals surface area contributed by atoms with Gasteiger partial charge in [-0.3, -0.25) is 0 Å². The molecule has 1 fully saturated rings. The van der Waals surface area contributed by atoms with Crippen molar-refractivity contribution < 1.29 is 9.50 Å². The summed E-state index contributed by atoms with van der Waals surface area (Å²) < 4.78 is 13.4. The third kappa shape index (κ3) is 2.13. The van der Waals surface area contributed by atoms with Crippen LogP contribution in [0.1, 0.15) is 26.2 Å². The van der Waals surface area contributed by atoms with E-state index in [0.29, 0.717) is 18.4 Å². The second-order valence-corrected chi connectivity index (χ2v) is 4.60. The first-order valence-corrected chi connectivity index (χ1v) is 5.59. The average molecular weight is 211 g/mol. The first-order valence-electron chi connectivity index (χ1n) is 5.59. The zero-order valence-electron chi connectivity index (χ0n) is 9.09. The minimum atomic E-state index is -0.709. The van der Waals surface area contributed by atoms with E-state index in [1.54, 1.807) is 13.0 Å². The summed E-state index contributed by atoms with van der Waals surface area (Å²) in [6.07, 6.45) is 5.68. The van der Waals surface area contributed by atoms with E-state index in [9.17, 15) is 9.50 Å². The SMILES string of the molecule is CC1=CCC(C2(O)CCNCC2)C=C1F. The summed E-state index contributed by atoms with van der Waals surface area (Å²) >= 11 is 0. The lowest BCUT2D eigenvalue weighted by Gasteiger charge is -2.39. The number of halogens is 1. The monoisotopic (exact) mass is 211 g/mol. The van der Waals surface area contributed by atoms with E-state index in [2.05, 4.69) is 5.32 Å². The molecule has 0 amide bonds. The van der Waals surface area contributed by atoms with E-state index in [0.717, 1.165) is 19.5 Å². The van der Waals surface area contributed by atoms with Gasteiger partial charge in [0.2, 0.25) is 0 Å². The van der Waals surface area contributed by atoms with Gasteiger partial charge in [-0.2, -0.15) is 0 Å². The molecule has 1 aliphatic heterocycles. The largest absolute Gasteiger partial charge is 0.389 e. The summed E-state index contributed by atoms with van der Waals surface area (Å²) in [7, 11) is 0. The van der Waals surface area contributed by atoms with Crippen molar-refractivity contribution in [1.29, 1.82) is 0 Å². The van der Waals surface area contributed by atoms with Gasteiger partial charge in [0.15, 0.2) is 0 Å². The Morgan fingerprint density at radius 3 is 2.73 bits per heavy atom. The lowest BCUT2D eigenvalue weighted by atomic mass is 9.76. The number of allylic oxidation sites excluding steroid dienone is 3. The Morgan fingerprint density at radius 1 is 1.47 bits per heavy atom. The molecule has 15 heavy (non-hydrogen) atoms. The van der Waals surface area contributed by atoms with Crippen molar-refractivity contribution in [3.05, 3.63) is 23.6 Å². The molecule has 1 aliphatic carbocycles. The number of nitrogens with one attached hydrogen (secondary N) is 1. The summed E-state index contributed by atoms with van der Waals surface area (Å²) in [6.45, 7) is 3.42. The molecule has 3 heteroatoms. The lowest BCUT2D eigenvalue weighted by Crippen LogP contribution is -2.47. The van der Waals surface area contributed by atoms with Crippen LogP contribution in [0, 0.1) is 5.92 Å². The first-order chi connectivity index (χ1) is 7.12. The topological polar surface area (TPSA) is 32.3 Å². The fourth-order valence-electron chi connectivity index (χ4n) is 2.38. The minimum Gasteiger partial charge on any atom is -0.389 e. The number of hydrogen-bond acceptors (Lipinski definition) is 2. The van der Waals surface area contributed by atoms with Crippen molar-refractivity contribution in [3.63, 3.8) is 0 Å². The molecule has 1 heterocycles. The van der Waals surface area contributed by atoms with Gasteiger partial charge in [-0.05, 0) is 50.9 Å². The molecule has 0 aromatic rings. The zero-order valence-corrected chi connectivity index (χ0v) is 9.09. The maximum absolute atomic E-state index is 13.4. The van der Waals surface area contributed by atoms with Crippen LogP contribution in [0.5, 0.6) is 0 Å². The molecular formula is C12H18FNO. The van der Waals surface area contributed by atoms with Gasteiger partial charge >= 0.3 is 0 Å². The van der Waals surface area contributed by atoms with E-state index in [-0.39, 0.29) is 11.7 Å². The first kappa shape index (κ1) is 10.8. The molecule has 0 bridgehead atoms. The van der Waals surface area contributed by atoms with Crippen LogP contribution >= 0.6 is 0 Å². The van der Waals surface area contributed by atoms with Gasteiger partial charge in [0.05, 0.1) is 5.60 Å². The molecular weight excluding hydrogens is 193 g/mol. The van der Waals surface area contributed by atoms with Crippen LogP contribution in [0.15, 0.2) is 23.6 Å². The van der Waals surface area contributed by atoms with Gasteiger partial charge in [0, 0.05) is 5.92 Å². The lowest BCUT2D eigenvalue weighted by molar-refractivity contribution is -0.0274. The second-order valence-electron chi connectivity index (χ2n) is 4.60. The van der Waals surface area contributed by atoms with Crippen LogP contribution in [0.4, 0.5) is 4.39 Å². The number of aliphatic hydroxyl groups is 1. The molecule has 0 saturated carbocycles. The highest BCUT2D eigenvalue weighted by Gasteiger charge is 2.37. The van der Waals surface area contributed by atoms with Gasteiger partial charge in [0.25, 0.3) is 0 Å². The van der Waals surface area contributed by atoms with Crippen LogP contribution < -0.4 is 5.32 Å². The van der Waals surface area contributed by atoms with Crippen LogP contribution in [0.3, 0.4) is 0 Å². The van der Waals surface area contributed by atoms with Crippen molar-refractivity contribution in [2.45, 2.75) is 31.8 Å². The van der Waals surface area contributed by atoms with E-state index in [1.165, 1.54) is 0 Å². The van der Waals surface area contributed by atoms with Crippen molar-refractivity contribution >= 4 is 0 Å². The minimum absolute atomic E-state index is 0.0525. The quantitative estimate of drug-likeness (QED) is 0.694. The molecule has 1 unspecified atom stereocenters. The summed E-state index contributed by atoms with van der Waals surface area (Å²) in [5.74, 6) is -0.221. The highest BCUT2D eigenvalue weighted by Crippen LogP contribution is 2.36. The Hall–Kier alpha value is -0.670. The van der Waals surface area contributed by atoms with Crippen molar-refractivity contribution in [1.82, 2.24) is 5.32 Å². The van der Waals surface area contributed by atoms with Crippen LogP contribution in [-0.2, 0) is 0 Å². The molecule has 2 rings (SSSR count). The van der Waals surface area contributed by atoms with Gasteiger partial charge in [-0.1, -0.05) is 6.08 Å². The van der Waals surface area contributed by atoms with Crippen molar-refractivity contribution in [3.8, 4) is 0 Å². The standard InChI is InChI=1S/C12H18FNO/c1-9-2-3-10(8-11(9)13)12(15)4-6-14-7-5-12/h2,8,10,14-15H,3-7H2,1H3. The van der Waals surface area contributed by atoms with Crippen molar-refractivity contribution in [2.24, 2.45) is 5.92 Å². The third-order valence-corrected chi connectivity index (χ3v) is 3.56. The Bertz CT molecular complexity index is 303. The van der Waals surface area contributed by atoms with Gasteiger partial charge < -0.3 is 10.4 Å². The fourth-order valence-corrected chi connectivity index (χ4v) is 2.38. The van der Waals surface area contributed by atoms with Crippen molar-refractivity contribution in [2.75, 3.05) is 13.1 Å². The van der Waals surface area contributed by atoms with E-state index >= 15 is 0 Å². The molecule has 84 valence electrons. The smallest absolute Gasteiger partial charge is 0.122 e. The Balaban J connectivity index is 2.12.